The zero-order valence-electron chi connectivity index (χ0n) is 10.8. The van der Waals surface area contributed by atoms with Crippen LogP contribution in [-0.4, -0.2) is 11.0 Å². The van der Waals surface area contributed by atoms with Crippen molar-refractivity contribution in [2.24, 2.45) is 5.73 Å². The first-order valence-electron chi connectivity index (χ1n) is 6.21. The first-order valence-corrected chi connectivity index (χ1v) is 6.58. The predicted molar refractivity (Wildman–Crippen MR) is 77.4 cm³/mol. The molecule has 100 valence electrons. The van der Waals surface area contributed by atoms with Crippen LogP contribution in [-0.2, 0) is 13.0 Å². The first kappa shape index (κ1) is 13.8. The van der Waals surface area contributed by atoms with Gasteiger partial charge >= 0.3 is 0 Å². The molecule has 0 spiro atoms. The summed E-state index contributed by atoms with van der Waals surface area (Å²) in [5.74, 6) is 0.825. The van der Waals surface area contributed by atoms with Gasteiger partial charge in [-0.25, -0.2) is 0 Å². The molecule has 1 aromatic carbocycles. The summed E-state index contributed by atoms with van der Waals surface area (Å²) in [6, 6.07) is 9.97. The molecular formula is C15H17ClN2O. The molecule has 1 unspecified atom stereocenters. The maximum Gasteiger partial charge on any atom is 0.120 e. The van der Waals surface area contributed by atoms with Gasteiger partial charge in [-0.05, 0) is 37.1 Å². The van der Waals surface area contributed by atoms with Crippen molar-refractivity contribution >= 4 is 11.6 Å². The van der Waals surface area contributed by atoms with E-state index in [0.717, 1.165) is 17.7 Å². The van der Waals surface area contributed by atoms with Crippen molar-refractivity contribution in [3.05, 3.63) is 58.9 Å². The SMILES string of the molecule is CC(N)Cc1cccc(OCc2ccncc2Cl)c1. The molecule has 19 heavy (non-hydrogen) atoms. The van der Waals surface area contributed by atoms with Crippen molar-refractivity contribution in [3.63, 3.8) is 0 Å². The summed E-state index contributed by atoms with van der Waals surface area (Å²) in [5.41, 5.74) is 7.89. The van der Waals surface area contributed by atoms with Gasteiger partial charge in [0.1, 0.15) is 12.4 Å². The lowest BCUT2D eigenvalue weighted by molar-refractivity contribution is 0.306. The molecule has 0 amide bonds. The van der Waals surface area contributed by atoms with E-state index in [1.54, 1.807) is 12.4 Å². The van der Waals surface area contributed by atoms with E-state index in [4.69, 9.17) is 22.1 Å². The second-order valence-electron chi connectivity index (χ2n) is 4.58. The van der Waals surface area contributed by atoms with Crippen LogP contribution in [0.5, 0.6) is 5.75 Å². The molecule has 1 heterocycles. The number of hydrogen-bond donors (Lipinski definition) is 1. The van der Waals surface area contributed by atoms with E-state index in [0.29, 0.717) is 11.6 Å². The van der Waals surface area contributed by atoms with Crippen LogP contribution in [0.4, 0.5) is 0 Å². The summed E-state index contributed by atoms with van der Waals surface area (Å²) >= 11 is 6.03. The van der Waals surface area contributed by atoms with Crippen molar-refractivity contribution < 1.29 is 4.74 Å². The maximum absolute atomic E-state index is 6.03. The molecule has 0 saturated heterocycles. The molecule has 0 radical (unpaired) electrons. The Balaban J connectivity index is 2.02. The Morgan fingerprint density at radius 2 is 2.21 bits per heavy atom. The lowest BCUT2D eigenvalue weighted by atomic mass is 10.1. The fraction of sp³-hybridized carbons (Fsp3) is 0.267. The van der Waals surface area contributed by atoms with Gasteiger partial charge in [0, 0.05) is 24.0 Å². The van der Waals surface area contributed by atoms with Crippen molar-refractivity contribution in [2.45, 2.75) is 26.0 Å². The van der Waals surface area contributed by atoms with Crippen LogP contribution >= 0.6 is 11.6 Å². The molecule has 3 nitrogen and oxygen atoms in total. The summed E-state index contributed by atoms with van der Waals surface area (Å²) in [4.78, 5) is 3.95. The van der Waals surface area contributed by atoms with Crippen molar-refractivity contribution in [1.82, 2.24) is 4.98 Å². The Labute approximate surface area is 118 Å². The molecule has 0 aliphatic heterocycles. The van der Waals surface area contributed by atoms with Crippen LogP contribution in [0.2, 0.25) is 5.02 Å². The molecule has 0 bridgehead atoms. The average molecular weight is 277 g/mol. The average Bonchev–Trinajstić information content (AvgIpc) is 2.37. The number of halogens is 1. The van der Waals surface area contributed by atoms with Gasteiger partial charge in [-0.3, -0.25) is 4.98 Å². The number of nitrogens with two attached hydrogens (primary N) is 1. The number of pyridine rings is 1. The summed E-state index contributed by atoms with van der Waals surface area (Å²) in [6.45, 7) is 2.42. The summed E-state index contributed by atoms with van der Waals surface area (Å²) in [7, 11) is 0. The summed E-state index contributed by atoms with van der Waals surface area (Å²) < 4.78 is 5.74. The highest BCUT2D eigenvalue weighted by molar-refractivity contribution is 6.31. The van der Waals surface area contributed by atoms with Crippen LogP contribution in [0.25, 0.3) is 0 Å². The van der Waals surface area contributed by atoms with E-state index in [-0.39, 0.29) is 6.04 Å². The van der Waals surface area contributed by atoms with Crippen molar-refractivity contribution in [3.8, 4) is 5.75 Å². The molecule has 1 aromatic heterocycles. The van der Waals surface area contributed by atoms with Crippen LogP contribution in [0.15, 0.2) is 42.7 Å². The smallest absolute Gasteiger partial charge is 0.120 e. The lowest BCUT2D eigenvalue weighted by Gasteiger charge is -2.10. The third kappa shape index (κ3) is 4.23. The van der Waals surface area contributed by atoms with Gasteiger partial charge in [-0.2, -0.15) is 0 Å². The molecule has 0 saturated carbocycles. The van der Waals surface area contributed by atoms with Gasteiger partial charge in [-0.15, -0.1) is 0 Å². The van der Waals surface area contributed by atoms with Crippen LogP contribution < -0.4 is 10.5 Å². The molecular weight excluding hydrogens is 260 g/mol. The minimum Gasteiger partial charge on any atom is -0.489 e. The Bertz CT molecular complexity index is 543. The van der Waals surface area contributed by atoms with Crippen LogP contribution in [0.3, 0.4) is 0 Å². The zero-order chi connectivity index (χ0) is 13.7. The van der Waals surface area contributed by atoms with E-state index >= 15 is 0 Å². The van der Waals surface area contributed by atoms with Gasteiger partial charge in [-0.1, -0.05) is 23.7 Å². The summed E-state index contributed by atoms with van der Waals surface area (Å²) in [5, 5.41) is 0.620. The standard InChI is InChI=1S/C15H17ClN2O/c1-11(17)7-12-3-2-4-14(8-12)19-10-13-5-6-18-9-15(13)16/h2-6,8-9,11H,7,10,17H2,1H3. The Kier molecular flexibility index (Phi) is 4.77. The third-order valence-corrected chi connectivity index (χ3v) is 3.05. The number of nitrogens with zero attached hydrogens (tertiary/aromatic N) is 1. The number of benzene rings is 1. The highest BCUT2D eigenvalue weighted by Crippen LogP contribution is 2.19. The molecule has 2 aromatic rings. The van der Waals surface area contributed by atoms with Crippen LogP contribution in [0, 0.1) is 0 Å². The Morgan fingerprint density at radius 1 is 1.37 bits per heavy atom. The number of ether oxygens (including phenoxy) is 1. The Morgan fingerprint density at radius 3 is 2.95 bits per heavy atom. The van der Waals surface area contributed by atoms with E-state index < -0.39 is 0 Å². The largest absolute Gasteiger partial charge is 0.489 e. The normalized spacial score (nSPS) is 12.2. The second-order valence-corrected chi connectivity index (χ2v) is 4.99. The van der Waals surface area contributed by atoms with E-state index in [9.17, 15) is 0 Å². The van der Waals surface area contributed by atoms with Gasteiger partial charge in [0.15, 0.2) is 0 Å². The minimum atomic E-state index is 0.143. The molecule has 0 fully saturated rings. The number of aromatic nitrogens is 1. The van der Waals surface area contributed by atoms with Gasteiger partial charge in [0.05, 0.1) is 5.02 Å². The summed E-state index contributed by atoms with van der Waals surface area (Å²) in [6.07, 6.45) is 4.16. The predicted octanol–water partition coefficient (Wildman–Crippen LogP) is 3.20. The molecule has 0 aliphatic rings. The highest BCUT2D eigenvalue weighted by atomic mass is 35.5. The lowest BCUT2D eigenvalue weighted by Crippen LogP contribution is -2.17. The van der Waals surface area contributed by atoms with E-state index in [2.05, 4.69) is 11.1 Å². The van der Waals surface area contributed by atoms with E-state index in [1.165, 1.54) is 5.56 Å². The first-order chi connectivity index (χ1) is 9.15. The third-order valence-electron chi connectivity index (χ3n) is 2.71. The Hall–Kier alpha value is -1.58. The minimum absolute atomic E-state index is 0.143. The quantitative estimate of drug-likeness (QED) is 0.912. The van der Waals surface area contributed by atoms with Crippen molar-refractivity contribution in [2.75, 3.05) is 0 Å². The maximum atomic E-state index is 6.03. The molecule has 4 heteroatoms. The van der Waals surface area contributed by atoms with E-state index in [1.807, 2.05) is 31.2 Å². The second kappa shape index (κ2) is 6.55. The topological polar surface area (TPSA) is 48.1 Å². The monoisotopic (exact) mass is 276 g/mol. The number of hydrogen-bond acceptors (Lipinski definition) is 3. The van der Waals surface area contributed by atoms with Gasteiger partial charge in [0.2, 0.25) is 0 Å². The molecule has 2 N–H and O–H groups in total. The number of rotatable bonds is 5. The zero-order valence-corrected chi connectivity index (χ0v) is 11.6. The van der Waals surface area contributed by atoms with Gasteiger partial charge in [0.25, 0.3) is 0 Å². The fourth-order valence-electron chi connectivity index (χ4n) is 1.82. The van der Waals surface area contributed by atoms with Crippen molar-refractivity contribution in [1.29, 1.82) is 0 Å². The fourth-order valence-corrected chi connectivity index (χ4v) is 1.99. The highest BCUT2D eigenvalue weighted by Gasteiger charge is 2.03. The van der Waals surface area contributed by atoms with Gasteiger partial charge < -0.3 is 10.5 Å². The molecule has 1 atom stereocenters. The van der Waals surface area contributed by atoms with Crippen LogP contribution in [0.1, 0.15) is 18.1 Å². The molecule has 2 rings (SSSR count). The molecule has 0 aliphatic carbocycles.